The molecule has 0 amide bonds. The maximum Gasteiger partial charge on any atom is 0.263 e. The number of benzene rings is 2. The van der Waals surface area contributed by atoms with Gasteiger partial charge in [0.1, 0.15) is 11.5 Å². The predicted octanol–water partition coefficient (Wildman–Crippen LogP) is 3.02. The van der Waals surface area contributed by atoms with Crippen LogP contribution in [-0.4, -0.2) is 22.7 Å². The summed E-state index contributed by atoms with van der Waals surface area (Å²) in [5.74, 6) is 0.811. The smallest absolute Gasteiger partial charge is 0.263 e. The van der Waals surface area contributed by atoms with E-state index in [2.05, 4.69) is 0 Å². The normalized spacial score (nSPS) is 12.6. The van der Waals surface area contributed by atoms with Crippen LogP contribution in [-0.2, 0) is 0 Å². The van der Waals surface area contributed by atoms with E-state index in [4.69, 9.17) is 4.74 Å². The van der Waals surface area contributed by atoms with E-state index in [9.17, 15) is 9.90 Å². The molecule has 0 unspecified atom stereocenters. The minimum Gasteiger partial charge on any atom is -0.508 e. The fraction of sp³-hybridized carbons (Fsp3) is 0.0625. The Morgan fingerprint density at radius 3 is 2.80 bits per heavy atom. The molecule has 4 nitrogen and oxygen atoms in total. The molecule has 2 heterocycles. The van der Waals surface area contributed by atoms with Crippen LogP contribution in [0.5, 0.6) is 11.5 Å². The van der Waals surface area contributed by atoms with Crippen LogP contribution in [0.15, 0.2) is 42.5 Å². The van der Waals surface area contributed by atoms with Crippen molar-refractivity contribution in [3.8, 4) is 22.8 Å². The van der Waals surface area contributed by atoms with Gasteiger partial charge in [-0.1, -0.05) is 6.07 Å². The molecule has 4 rings (SSSR count). The summed E-state index contributed by atoms with van der Waals surface area (Å²) in [5.41, 5.74) is 3.06. The van der Waals surface area contributed by atoms with E-state index in [1.54, 1.807) is 35.9 Å². The van der Waals surface area contributed by atoms with Crippen LogP contribution in [0, 0.1) is 0 Å². The Morgan fingerprint density at radius 2 is 2.00 bits per heavy atom. The van der Waals surface area contributed by atoms with Crippen molar-refractivity contribution >= 4 is 16.8 Å². The lowest BCUT2D eigenvalue weighted by Crippen LogP contribution is -2.05. The minimum atomic E-state index is -0.0606. The molecule has 20 heavy (non-hydrogen) atoms. The average molecular weight is 265 g/mol. The van der Waals surface area contributed by atoms with Gasteiger partial charge in [0.15, 0.2) is 0 Å². The van der Waals surface area contributed by atoms with Crippen LogP contribution < -0.4 is 4.74 Å². The van der Waals surface area contributed by atoms with E-state index < -0.39 is 0 Å². The van der Waals surface area contributed by atoms with Crippen molar-refractivity contribution in [2.24, 2.45) is 0 Å². The van der Waals surface area contributed by atoms with Crippen molar-refractivity contribution < 1.29 is 14.6 Å². The quantitative estimate of drug-likeness (QED) is 0.575. The van der Waals surface area contributed by atoms with E-state index >= 15 is 0 Å². The van der Waals surface area contributed by atoms with Gasteiger partial charge in [0.2, 0.25) is 0 Å². The molecule has 1 N–H and O–H groups in total. The Kier molecular flexibility index (Phi) is 2.02. The number of phenols is 1. The zero-order valence-electron chi connectivity index (χ0n) is 10.8. The van der Waals surface area contributed by atoms with Crippen LogP contribution in [0.25, 0.3) is 22.2 Å². The van der Waals surface area contributed by atoms with E-state index in [0.717, 1.165) is 22.2 Å². The minimum absolute atomic E-state index is 0.0606. The van der Waals surface area contributed by atoms with Crippen molar-refractivity contribution in [3.63, 3.8) is 0 Å². The van der Waals surface area contributed by atoms with Gasteiger partial charge < -0.3 is 9.84 Å². The number of nitrogens with zero attached hydrogens (tertiary/aromatic N) is 1. The van der Waals surface area contributed by atoms with Gasteiger partial charge in [-0.3, -0.25) is 9.36 Å². The highest BCUT2D eigenvalue weighted by molar-refractivity contribution is 6.15. The Labute approximate surface area is 114 Å². The standard InChI is InChI=1S/C16H11NO3/c1-20-14-4-2-3-11-15(14)13-8-9-7-10(18)5-6-12(9)17(13)16(11)19/h2-8,18H,1H3. The topological polar surface area (TPSA) is 51.5 Å². The van der Waals surface area contributed by atoms with Crippen LogP contribution in [0.3, 0.4) is 0 Å². The zero-order chi connectivity index (χ0) is 13.9. The average Bonchev–Trinajstić information content (AvgIpc) is 2.95. The number of aromatic hydroxyl groups is 1. The summed E-state index contributed by atoms with van der Waals surface area (Å²) in [4.78, 5) is 12.6. The van der Waals surface area contributed by atoms with E-state index in [0.29, 0.717) is 11.3 Å². The highest BCUT2D eigenvalue weighted by Gasteiger charge is 2.31. The van der Waals surface area contributed by atoms with Crippen LogP contribution in [0.4, 0.5) is 0 Å². The number of carbonyl (C=O) groups is 1. The summed E-state index contributed by atoms with van der Waals surface area (Å²) in [6, 6.07) is 12.4. The van der Waals surface area contributed by atoms with Gasteiger partial charge >= 0.3 is 0 Å². The number of carbonyl (C=O) groups excluding carboxylic acids is 1. The predicted molar refractivity (Wildman–Crippen MR) is 75.3 cm³/mol. The second-order valence-electron chi connectivity index (χ2n) is 4.80. The summed E-state index contributed by atoms with van der Waals surface area (Å²) < 4.78 is 7.04. The maximum absolute atomic E-state index is 12.6. The molecular formula is C16H11NO3. The molecule has 0 saturated heterocycles. The van der Waals surface area contributed by atoms with Gasteiger partial charge in [0.25, 0.3) is 5.91 Å². The van der Waals surface area contributed by atoms with Gasteiger partial charge in [-0.05, 0) is 36.4 Å². The van der Waals surface area contributed by atoms with Crippen LogP contribution >= 0.6 is 0 Å². The van der Waals surface area contributed by atoms with Crippen molar-refractivity contribution in [2.75, 3.05) is 7.11 Å². The van der Waals surface area contributed by atoms with Crippen molar-refractivity contribution in [1.82, 2.24) is 4.57 Å². The lowest BCUT2D eigenvalue weighted by molar-refractivity contribution is 0.0973. The number of hydrogen-bond donors (Lipinski definition) is 1. The molecule has 1 aromatic heterocycles. The molecule has 0 saturated carbocycles. The third kappa shape index (κ3) is 1.23. The third-order valence-electron chi connectivity index (χ3n) is 3.72. The molecule has 0 radical (unpaired) electrons. The molecule has 98 valence electrons. The highest BCUT2D eigenvalue weighted by Crippen LogP contribution is 2.42. The van der Waals surface area contributed by atoms with E-state index in [1.807, 2.05) is 18.2 Å². The molecule has 0 fully saturated rings. The molecular weight excluding hydrogens is 254 g/mol. The lowest BCUT2D eigenvalue weighted by Gasteiger charge is -2.04. The Hall–Kier alpha value is -2.75. The summed E-state index contributed by atoms with van der Waals surface area (Å²) in [5, 5.41) is 10.4. The second kappa shape index (κ2) is 3.63. The number of hydrogen-bond acceptors (Lipinski definition) is 3. The van der Waals surface area contributed by atoms with Gasteiger partial charge in [0, 0.05) is 5.39 Å². The number of aromatic nitrogens is 1. The Bertz CT molecular complexity index is 877. The first kappa shape index (κ1) is 11.1. The molecule has 4 heteroatoms. The van der Waals surface area contributed by atoms with E-state index in [-0.39, 0.29) is 11.7 Å². The van der Waals surface area contributed by atoms with Crippen molar-refractivity contribution in [3.05, 3.63) is 48.0 Å². The SMILES string of the molecule is COc1cccc2c1-c1cc3cc(O)ccc3n1C2=O. The zero-order valence-corrected chi connectivity index (χ0v) is 10.8. The molecule has 0 aliphatic carbocycles. The molecule has 2 aromatic carbocycles. The molecule has 1 aliphatic rings. The fourth-order valence-corrected chi connectivity index (χ4v) is 2.87. The number of rotatable bonds is 1. The van der Waals surface area contributed by atoms with Crippen molar-refractivity contribution in [2.45, 2.75) is 0 Å². The van der Waals surface area contributed by atoms with Gasteiger partial charge in [0.05, 0.1) is 29.4 Å². The largest absolute Gasteiger partial charge is 0.508 e. The van der Waals surface area contributed by atoms with Gasteiger partial charge in [-0.25, -0.2) is 0 Å². The molecule has 3 aromatic rings. The summed E-state index contributed by atoms with van der Waals surface area (Å²) in [6.07, 6.45) is 0. The number of methoxy groups -OCH3 is 1. The first-order valence-corrected chi connectivity index (χ1v) is 6.27. The fourth-order valence-electron chi connectivity index (χ4n) is 2.87. The van der Waals surface area contributed by atoms with Crippen LogP contribution in [0.2, 0.25) is 0 Å². The van der Waals surface area contributed by atoms with Crippen molar-refractivity contribution in [1.29, 1.82) is 0 Å². The van der Waals surface area contributed by atoms with Gasteiger partial charge in [-0.2, -0.15) is 0 Å². The third-order valence-corrected chi connectivity index (χ3v) is 3.72. The first-order valence-electron chi connectivity index (χ1n) is 6.27. The number of phenolic OH excluding ortho intramolecular Hbond substituents is 1. The monoisotopic (exact) mass is 265 g/mol. The number of ether oxygens (including phenoxy) is 1. The molecule has 0 bridgehead atoms. The maximum atomic E-state index is 12.6. The Balaban J connectivity index is 2.13. The van der Waals surface area contributed by atoms with Crippen LogP contribution in [0.1, 0.15) is 10.4 Å². The first-order chi connectivity index (χ1) is 9.70. The molecule has 1 aliphatic heterocycles. The second-order valence-corrected chi connectivity index (χ2v) is 4.80. The highest BCUT2D eigenvalue weighted by atomic mass is 16.5. The summed E-state index contributed by atoms with van der Waals surface area (Å²) in [7, 11) is 1.59. The summed E-state index contributed by atoms with van der Waals surface area (Å²) in [6.45, 7) is 0. The summed E-state index contributed by atoms with van der Waals surface area (Å²) >= 11 is 0. The van der Waals surface area contributed by atoms with E-state index in [1.165, 1.54) is 0 Å². The Morgan fingerprint density at radius 1 is 1.15 bits per heavy atom. The molecule has 0 atom stereocenters. The lowest BCUT2D eigenvalue weighted by atomic mass is 10.1. The number of fused-ring (bicyclic) bond motifs is 5. The van der Waals surface area contributed by atoms with Gasteiger partial charge in [-0.15, -0.1) is 0 Å². The molecule has 0 spiro atoms.